The molecule has 1 heterocycles. The van der Waals surface area contributed by atoms with Crippen molar-refractivity contribution in [3.05, 3.63) is 87.6 Å². The summed E-state index contributed by atoms with van der Waals surface area (Å²) in [5.74, 6) is -0.0389. The van der Waals surface area contributed by atoms with Crippen LogP contribution >= 0.6 is 11.3 Å². The Labute approximate surface area is 152 Å². The predicted octanol–water partition coefficient (Wildman–Crippen LogP) is 4.68. The summed E-state index contributed by atoms with van der Waals surface area (Å²) in [7, 11) is 0. The topological polar surface area (TPSA) is 41.1 Å². The minimum Gasteiger partial charge on any atom is -0.325 e. The van der Waals surface area contributed by atoms with Crippen molar-refractivity contribution in [2.75, 3.05) is 11.9 Å². The van der Waals surface area contributed by atoms with Gasteiger partial charge in [0, 0.05) is 10.6 Å². The predicted molar refractivity (Wildman–Crippen MR) is 105 cm³/mol. The molecule has 1 atom stereocenters. The van der Waals surface area contributed by atoms with E-state index in [1.165, 1.54) is 10.4 Å². The Kier molecular flexibility index (Phi) is 5.64. The van der Waals surface area contributed by atoms with E-state index >= 15 is 0 Å². The van der Waals surface area contributed by atoms with E-state index in [-0.39, 0.29) is 18.5 Å². The summed E-state index contributed by atoms with van der Waals surface area (Å²) in [5.41, 5.74) is 4.31. The van der Waals surface area contributed by atoms with Gasteiger partial charge in [-0.3, -0.25) is 10.1 Å². The summed E-state index contributed by atoms with van der Waals surface area (Å²) in [6.45, 7) is 4.32. The number of benzene rings is 2. The van der Waals surface area contributed by atoms with Crippen LogP contribution in [0.25, 0.3) is 0 Å². The Bertz CT molecular complexity index is 825. The number of rotatable bonds is 6. The van der Waals surface area contributed by atoms with Crippen LogP contribution in [0.5, 0.6) is 0 Å². The van der Waals surface area contributed by atoms with Gasteiger partial charge in [-0.2, -0.15) is 0 Å². The van der Waals surface area contributed by atoms with E-state index in [0.717, 1.165) is 16.8 Å². The highest BCUT2D eigenvalue weighted by Gasteiger charge is 2.16. The maximum atomic E-state index is 12.4. The third-order valence-electron chi connectivity index (χ3n) is 4.12. The lowest BCUT2D eigenvalue weighted by molar-refractivity contribution is -0.115. The summed E-state index contributed by atoms with van der Waals surface area (Å²) in [6, 6.07) is 20.4. The maximum Gasteiger partial charge on any atom is 0.238 e. The fourth-order valence-electron chi connectivity index (χ4n) is 2.70. The molecule has 25 heavy (non-hydrogen) atoms. The zero-order valence-corrected chi connectivity index (χ0v) is 15.3. The first-order valence-electron chi connectivity index (χ1n) is 8.32. The number of aryl methyl sites for hydroxylation is 2. The number of carbonyl (C=O) groups excluding carboxylic acids is 1. The van der Waals surface area contributed by atoms with Gasteiger partial charge in [-0.25, -0.2) is 0 Å². The van der Waals surface area contributed by atoms with E-state index in [0.29, 0.717) is 0 Å². The SMILES string of the molecule is Cc1ccc([C@H](NCC(=O)Nc2ccccc2C)c2cccs2)cc1. The Morgan fingerprint density at radius 1 is 1.00 bits per heavy atom. The number of carbonyl (C=O) groups is 1. The van der Waals surface area contributed by atoms with Crippen LogP contribution in [0.4, 0.5) is 5.69 Å². The van der Waals surface area contributed by atoms with E-state index in [2.05, 4.69) is 53.3 Å². The lowest BCUT2D eigenvalue weighted by Crippen LogP contribution is -2.31. The molecule has 0 saturated heterocycles. The molecule has 3 nitrogen and oxygen atoms in total. The molecule has 0 aliphatic rings. The Morgan fingerprint density at radius 3 is 2.44 bits per heavy atom. The number of thiophene rings is 1. The smallest absolute Gasteiger partial charge is 0.238 e. The van der Waals surface area contributed by atoms with Crippen LogP contribution in [0.15, 0.2) is 66.0 Å². The van der Waals surface area contributed by atoms with E-state index in [1.54, 1.807) is 11.3 Å². The monoisotopic (exact) mass is 350 g/mol. The van der Waals surface area contributed by atoms with E-state index in [4.69, 9.17) is 0 Å². The van der Waals surface area contributed by atoms with Crippen LogP contribution in [0, 0.1) is 13.8 Å². The molecule has 0 spiro atoms. The van der Waals surface area contributed by atoms with Gasteiger partial charge >= 0.3 is 0 Å². The average Bonchev–Trinajstić information content (AvgIpc) is 3.13. The first kappa shape index (κ1) is 17.4. The standard InChI is InChI=1S/C21H22N2OS/c1-15-9-11-17(12-10-15)21(19-8-5-13-25-19)22-14-20(24)23-18-7-4-3-6-16(18)2/h3-13,21-22H,14H2,1-2H3,(H,23,24)/t21-/m0/s1. The van der Waals surface area contributed by atoms with Crippen molar-refractivity contribution < 1.29 is 4.79 Å². The molecule has 128 valence electrons. The highest BCUT2D eigenvalue weighted by atomic mass is 32.1. The van der Waals surface area contributed by atoms with Gasteiger partial charge in [0.15, 0.2) is 0 Å². The molecule has 0 bridgehead atoms. The van der Waals surface area contributed by atoms with Gasteiger partial charge in [-0.15, -0.1) is 11.3 Å². The minimum atomic E-state index is -0.0389. The normalized spacial score (nSPS) is 11.9. The third-order valence-corrected chi connectivity index (χ3v) is 5.06. The highest BCUT2D eigenvalue weighted by molar-refractivity contribution is 7.10. The van der Waals surface area contributed by atoms with Gasteiger partial charge in [0.05, 0.1) is 12.6 Å². The quantitative estimate of drug-likeness (QED) is 0.677. The lowest BCUT2D eigenvalue weighted by atomic mass is 10.0. The molecule has 3 aromatic rings. The number of hydrogen-bond donors (Lipinski definition) is 2. The number of para-hydroxylation sites is 1. The molecule has 4 heteroatoms. The zero-order valence-electron chi connectivity index (χ0n) is 14.5. The molecular formula is C21H22N2OS. The van der Waals surface area contributed by atoms with E-state index < -0.39 is 0 Å². The summed E-state index contributed by atoms with van der Waals surface area (Å²) in [5, 5.41) is 8.43. The maximum absolute atomic E-state index is 12.4. The first-order chi connectivity index (χ1) is 12.1. The second kappa shape index (κ2) is 8.10. The number of hydrogen-bond acceptors (Lipinski definition) is 3. The van der Waals surface area contributed by atoms with E-state index in [9.17, 15) is 4.79 Å². The summed E-state index contributed by atoms with van der Waals surface area (Å²) >= 11 is 1.69. The molecule has 0 radical (unpaired) electrons. The zero-order chi connectivity index (χ0) is 17.6. The fourth-order valence-corrected chi connectivity index (χ4v) is 3.53. The van der Waals surface area contributed by atoms with Gasteiger partial charge in [-0.05, 0) is 42.5 Å². The lowest BCUT2D eigenvalue weighted by Gasteiger charge is -2.18. The van der Waals surface area contributed by atoms with Gasteiger partial charge in [0.1, 0.15) is 0 Å². The molecule has 1 amide bonds. The van der Waals surface area contributed by atoms with E-state index in [1.807, 2.05) is 37.3 Å². The highest BCUT2D eigenvalue weighted by Crippen LogP contribution is 2.26. The Balaban J connectivity index is 1.70. The molecule has 0 fully saturated rings. The van der Waals surface area contributed by atoms with Crippen LogP contribution in [-0.2, 0) is 4.79 Å². The van der Waals surface area contributed by atoms with Crippen molar-refractivity contribution >= 4 is 22.9 Å². The van der Waals surface area contributed by atoms with Crippen LogP contribution in [0.2, 0.25) is 0 Å². The summed E-state index contributed by atoms with van der Waals surface area (Å²) in [6.07, 6.45) is 0. The minimum absolute atomic E-state index is 0.0169. The van der Waals surface area contributed by atoms with Crippen molar-refractivity contribution in [3.8, 4) is 0 Å². The van der Waals surface area contributed by atoms with Crippen molar-refractivity contribution in [2.24, 2.45) is 0 Å². The van der Waals surface area contributed by atoms with Crippen molar-refractivity contribution in [2.45, 2.75) is 19.9 Å². The van der Waals surface area contributed by atoms with Crippen LogP contribution in [0.3, 0.4) is 0 Å². The van der Waals surface area contributed by atoms with Crippen LogP contribution < -0.4 is 10.6 Å². The second-order valence-corrected chi connectivity index (χ2v) is 7.08. The molecule has 3 rings (SSSR count). The molecule has 0 aliphatic heterocycles. The average molecular weight is 350 g/mol. The summed E-state index contributed by atoms with van der Waals surface area (Å²) < 4.78 is 0. The van der Waals surface area contributed by atoms with Crippen LogP contribution in [0.1, 0.15) is 27.6 Å². The van der Waals surface area contributed by atoms with Gasteiger partial charge in [0.2, 0.25) is 5.91 Å². The second-order valence-electron chi connectivity index (χ2n) is 6.10. The molecular weight excluding hydrogens is 328 g/mol. The summed E-state index contributed by atoms with van der Waals surface area (Å²) in [4.78, 5) is 13.6. The first-order valence-corrected chi connectivity index (χ1v) is 9.20. The molecule has 2 N–H and O–H groups in total. The molecule has 1 aromatic heterocycles. The molecule has 0 unspecified atom stereocenters. The van der Waals surface area contributed by atoms with Gasteiger partial charge in [0.25, 0.3) is 0 Å². The molecule has 2 aromatic carbocycles. The van der Waals surface area contributed by atoms with Crippen molar-refractivity contribution in [1.29, 1.82) is 0 Å². The largest absolute Gasteiger partial charge is 0.325 e. The van der Waals surface area contributed by atoms with Crippen molar-refractivity contribution in [3.63, 3.8) is 0 Å². The number of amides is 1. The third kappa shape index (κ3) is 4.56. The van der Waals surface area contributed by atoms with Crippen molar-refractivity contribution in [1.82, 2.24) is 5.32 Å². The van der Waals surface area contributed by atoms with Crippen LogP contribution in [-0.4, -0.2) is 12.5 Å². The molecule has 0 aliphatic carbocycles. The Hall–Kier alpha value is -2.43. The Morgan fingerprint density at radius 2 is 1.76 bits per heavy atom. The number of nitrogens with one attached hydrogen (secondary N) is 2. The van der Waals surface area contributed by atoms with Gasteiger partial charge in [-0.1, -0.05) is 54.1 Å². The molecule has 0 saturated carbocycles. The fraction of sp³-hybridized carbons (Fsp3) is 0.190. The number of anilines is 1. The van der Waals surface area contributed by atoms with Gasteiger partial charge < -0.3 is 5.32 Å².